The highest BCUT2D eigenvalue weighted by molar-refractivity contribution is 5.71. The molecule has 0 bridgehead atoms. The maximum Gasteiger partial charge on any atom is 0.307 e. The highest BCUT2D eigenvalue weighted by Crippen LogP contribution is 2.38. The SMILES string of the molecule is O=C(O)C1CCCC1c1nc(Cc2ccccn2)no1. The van der Waals surface area contributed by atoms with Crippen molar-refractivity contribution in [3.05, 3.63) is 41.8 Å². The molecule has 104 valence electrons. The predicted octanol–water partition coefficient (Wildman–Crippen LogP) is 2.02. The molecule has 2 aromatic rings. The van der Waals surface area contributed by atoms with Gasteiger partial charge in [-0.15, -0.1) is 0 Å². The van der Waals surface area contributed by atoms with Gasteiger partial charge in [0.1, 0.15) is 0 Å². The molecule has 1 aliphatic carbocycles. The number of carboxylic acids is 1. The van der Waals surface area contributed by atoms with Crippen molar-refractivity contribution < 1.29 is 14.4 Å². The minimum Gasteiger partial charge on any atom is -0.481 e. The van der Waals surface area contributed by atoms with E-state index in [1.807, 2.05) is 18.2 Å². The van der Waals surface area contributed by atoms with E-state index < -0.39 is 11.9 Å². The van der Waals surface area contributed by atoms with Gasteiger partial charge in [0.2, 0.25) is 5.89 Å². The standard InChI is InChI=1S/C14H15N3O3/c18-14(19)11-6-3-5-10(11)13-16-12(17-20-13)8-9-4-1-2-7-15-9/h1-2,4,7,10-11H,3,5-6,8H2,(H,18,19). The molecule has 0 spiro atoms. The molecule has 1 aliphatic rings. The quantitative estimate of drug-likeness (QED) is 0.916. The second-order valence-electron chi connectivity index (χ2n) is 5.03. The zero-order chi connectivity index (χ0) is 13.9. The molecule has 1 fully saturated rings. The van der Waals surface area contributed by atoms with E-state index in [9.17, 15) is 9.90 Å². The third kappa shape index (κ3) is 2.54. The number of pyridine rings is 1. The molecule has 2 heterocycles. The van der Waals surface area contributed by atoms with Crippen LogP contribution in [0.4, 0.5) is 0 Å². The Balaban J connectivity index is 1.75. The summed E-state index contributed by atoms with van der Waals surface area (Å²) in [4.78, 5) is 19.7. The Labute approximate surface area is 115 Å². The minimum absolute atomic E-state index is 0.155. The number of hydrogen-bond acceptors (Lipinski definition) is 5. The Morgan fingerprint density at radius 2 is 2.30 bits per heavy atom. The molecule has 1 saturated carbocycles. The van der Waals surface area contributed by atoms with Crippen molar-refractivity contribution in [2.45, 2.75) is 31.6 Å². The Hall–Kier alpha value is -2.24. The van der Waals surface area contributed by atoms with Crippen LogP contribution in [0.5, 0.6) is 0 Å². The van der Waals surface area contributed by atoms with E-state index in [0.717, 1.165) is 18.5 Å². The van der Waals surface area contributed by atoms with Crippen LogP contribution in [0.1, 0.15) is 42.6 Å². The lowest BCUT2D eigenvalue weighted by Gasteiger charge is -2.09. The van der Waals surface area contributed by atoms with Crippen molar-refractivity contribution in [2.75, 3.05) is 0 Å². The first kappa shape index (κ1) is 12.8. The van der Waals surface area contributed by atoms with Crippen LogP contribution >= 0.6 is 0 Å². The topological polar surface area (TPSA) is 89.1 Å². The molecule has 0 aliphatic heterocycles. The number of carbonyl (C=O) groups is 1. The predicted molar refractivity (Wildman–Crippen MR) is 69.1 cm³/mol. The molecule has 2 atom stereocenters. The number of rotatable bonds is 4. The molecule has 0 radical (unpaired) electrons. The monoisotopic (exact) mass is 273 g/mol. The Morgan fingerprint density at radius 1 is 1.40 bits per heavy atom. The summed E-state index contributed by atoms with van der Waals surface area (Å²) in [6, 6.07) is 5.65. The van der Waals surface area contributed by atoms with E-state index in [1.165, 1.54) is 0 Å². The maximum atomic E-state index is 11.2. The van der Waals surface area contributed by atoms with Crippen LogP contribution in [0.15, 0.2) is 28.9 Å². The molecular formula is C14H15N3O3. The fourth-order valence-corrected chi connectivity index (χ4v) is 2.71. The molecule has 2 aromatic heterocycles. The Kier molecular flexibility index (Phi) is 3.45. The van der Waals surface area contributed by atoms with Crippen molar-refractivity contribution in [3.63, 3.8) is 0 Å². The van der Waals surface area contributed by atoms with Gasteiger partial charge >= 0.3 is 5.97 Å². The highest BCUT2D eigenvalue weighted by Gasteiger charge is 2.37. The van der Waals surface area contributed by atoms with Crippen LogP contribution in [0, 0.1) is 5.92 Å². The Morgan fingerprint density at radius 3 is 3.05 bits per heavy atom. The number of hydrogen-bond donors (Lipinski definition) is 1. The van der Waals surface area contributed by atoms with Gasteiger partial charge in [0.15, 0.2) is 5.82 Å². The summed E-state index contributed by atoms with van der Waals surface area (Å²) in [6.45, 7) is 0. The fourth-order valence-electron chi connectivity index (χ4n) is 2.71. The lowest BCUT2D eigenvalue weighted by molar-refractivity contribution is -0.142. The van der Waals surface area contributed by atoms with Gasteiger partial charge in [-0.05, 0) is 25.0 Å². The largest absolute Gasteiger partial charge is 0.481 e. The summed E-state index contributed by atoms with van der Waals surface area (Å²) in [5.41, 5.74) is 0.862. The average molecular weight is 273 g/mol. The van der Waals surface area contributed by atoms with Crippen molar-refractivity contribution >= 4 is 5.97 Å². The number of carboxylic acid groups (broad SMARTS) is 1. The molecule has 0 saturated heterocycles. The van der Waals surface area contributed by atoms with Gasteiger partial charge in [-0.1, -0.05) is 17.6 Å². The summed E-state index contributed by atoms with van der Waals surface area (Å²) in [5, 5.41) is 13.1. The summed E-state index contributed by atoms with van der Waals surface area (Å²) in [7, 11) is 0. The van der Waals surface area contributed by atoms with E-state index in [0.29, 0.717) is 24.6 Å². The van der Waals surface area contributed by atoms with Crippen LogP contribution in [-0.2, 0) is 11.2 Å². The van der Waals surface area contributed by atoms with Gasteiger partial charge in [-0.2, -0.15) is 4.98 Å². The third-order valence-electron chi connectivity index (χ3n) is 3.70. The second kappa shape index (κ2) is 5.40. The fraction of sp³-hybridized carbons (Fsp3) is 0.429. The van der Waals surface area contributed by atoms with E-state index >= 15 is 0 Å². The molecule has 6 nitrogen and oxygen atoms in total. The van der Waals surface area contributed by atoms with Gasteiger partial charge in [0.25, 0.3) is 0 Å². The third-order valence-corrected chi connectivity index (χ3v) is 3.70. The molecule has 3 rings (SSSR count). The molecular weight excluding hydrogens is 258 g/mol. The van der Waals surface area contributed by atoms with E-state index in [2.05, 4.69) is 15.1 Å². The number of aliphatic carboxylic acids is 1. The van der Waals surface area contributed by atoms with Gasteiger partial charge in [-0.3, -0.25) is 9.78 Å². The van der Waals surface area contributed by atoms with Crippen LogP contribution in [-0.4, -0.2) is 26.2 Å². The van der Waals surface area contributed by atoms with Crippen LogP contribution in [0.2, 0.25) is 0 Å². The molecule has 6 heteroatoms. The summed E-state index contributed by atoms with van der Waals surface area (Å²) in [5.74, 6) is -0.344. The Bertz CT molecular complexity index is 597. The first-order valence-electron chi connectivity index (χ1n) is 6.69. The van der Waals surface area contributed by atoms with Crippen LogP contribution < -0.4 is 0 Å². The van der Waals surface area contributed by atoms with Crippen molar-refractivity contribution in [1.82, 2.24) is 15.1 Å². The lowest BCUT2D eigenvalue weighted by Crippen LogP contribution is -2.17. The average Bonchev–Trinajstić information content (AvgIpc) is 3.07. The van der Waals surface area contributed by atoms with Gasteiger partial charge in [-0.25, -0.2) is 0 Å². The molecule has 0 aromatic carbocycles. The molecule has 1 N–H and O–H groups in total. The first-order valence-corrected chi connectivity index (χ1v) is 6.69. The van der Waals surface area contributed by atoms with Crippen molar-refractivity contribution in [2.24, 2.45) is 5.92 Å². The van der Waals surface area contributed by atoms with Gasteiger partial charge in [0, 0.05) is 11.9 Å². The van der Waals surface area contributed by atoms with E-state index in [4.69, 9.17) is 4.52 Å². The zero-order valence-electron chi connectivity index (χ0n) is 10.9. The second-order valence-corrected chi connectivity index (χ2v) is 5.03. The molecule has 2 unspecified atom stereocenters. The molecule has 20 heavy (non-hydrogen) atoms. The number of nitrogens with zero attached hydrogens (tertiary/aromatic N) is 3. The van der Waals surface area contributed by atoms with Crippen LogP contribution in [0.3, 0.4) is 0 Å². The first-order chi connectivity index (χ1) is 9.74. The van der Waals surface area contributed by atoms with Crippen molar-refractivity contribution in [1.29, 1.82) is 0 Å². The lowest BCUT2D eigenvalue weighted by atomic mass is 9.96. The van der Waals surface area contributed by atoms with E-state index in [-0.39, 0.29) is 5.92 Å². The van der Waals surface area contributed by atoms with Gasteiger partial charge < -0.3 is 9.63 Å². The maximum absolute atomic E-state index is 11.2. The van der Waals surface area contributed by atoms with E-state index in [1.54, 1.807) is 6.20 Å². The van der Waals surface area contributed by atoms with Crippen molar-refractivity contribution in [3.8, 4) is 0 Å². The van der Waals surface area contributed by atoms with Crippen LogP contribution in [0.25, 0.3) is 0 Å². The summed E-state index contributed by atoms with van der Waals surface area (Å²) in [6.07, 6.45) is 4.57. The van der Waals surface area contributed by atoms with Gasteiger partial charge in [0.05, 0.1) is 18.3 Å². The number of aromatic nitrogens is 3. The summed E-state index contributed by atoms with van der Waals surface area (Å²) < 4.78 is 5.25. The highest BCUT2D eigenvalue weighted by atomic mass is 16.5. The molecule has 0 amide bonds. The zero-order valence-corrected chi connectivity index (χ0v) is 10.9. The smallest absolute Gasteiger partial charge is 0.307 e. The normalized spacial score (nSPS) is 22.0. The minimum atomic E-state index is -0.781. The summed E-state index contributed by atoms with van der Waals surface area (Å²) >= 11 is 0.